The molecule has 2 aromatic rings. The quantitative estimate of drug-likeness (QED) is 0.664. The average Bonchev–Trinajstić information content (AvgIpc) is 2.94. The molecule has 3 nitrogen and oxygen atoms in total. The summed E-state index contributed by atoms with van der Waals surface area (Å²) in [6.07, 6.45) is 0.719. The molecule has 3 rings (SSSR count). The summed E-state index contributed by atoms with van der Waals surface area (Å²) >= 11 is 0. The highest BCUT2D eigenvalue weighted by atomic mass is 19.1. The molecule has 20 heavy (non-hydrogen) atoms. The number of rotatable bonds is 4. The maximum absolute atomic E-state index is 12.9. The Morgan fingerprint density at radius 1 is 1.10 bits per heavy atom. The Morgan fingerprint density at radius 3 is 2.60 bits per heavy atom. The van der Waals surface area contributed by atoms with Crippen molar-refractivity contribution in [2.75, 3.05) is 0 Å². The molecule has 0 bridgehead atoms. The molecule has 0 radical (unpaired) electrons. The van der Waals surface area contributed by atoms with Crippen LogP contribution in [0.15, 0.2) is 42.5 Å². The van der Waals surface area contributed by atoms with Gasteiger partial charge in [-0.3, -0.25) is 11.3 Å². The van der Waals surface area contributed by atoms with Crippen molar-refractivity contribution in [3.05, 3.63) is 70.5 Å². The fraction of sp³-hybridized carbons (Fsp3) is 0.250. The number of benzene rings is 2. The second-order valence-corrected chi connectivity index (χ2v) is 5.07. The lowest BCUT2D eigenvalue weighted by Crippen LogP contribution is -2.29. The van der Waals surface area contributed by atoms with E-state index in [0.29, 0.717) is 13.2 Å². The maximum Gasteiger partial charge on any atom is 0.123 e. The van der Waals surface area contributed by atoms with Crippen molar-refractivity contribution < 1.29 is 9.13 Å². The summed E-state index contributed by atoms with van der Waals surface area (Å²) in [5.74, 6) is 5.45. The molecule has 1 unspecified atom stereocenters. The fourth-order valence-corrected chi connectivity index (χ4v) is 2.54. The largest absolute Gasteiger partial charge is 0.372 e. The van der Waals surface area contributed by atoms with E-state index in [2.05, 4.69) is 23.6 Å². The first kappa shape index (κ1) is 13.2. The molecule has 1 atom stereocenters. The van der Waals surface area contributed by atoms with E-state index < -0.39 is 0 Å². The minimum atomic E-state index is -0.222. The molecule has 0 spiro atoms. The van der Waals surface area contributed by atoms with Crippen LogP contribution in [0.5, 0.6) is 0 Å². The average molecular weight is 272 g/mol. The first-order chi connectivity index (χ1) is 9.76. The van der Waals surface area contributed by atoms with E-state index in [4.69, 9.17) is 10.6 Å². The minimum absolute atomic E-state index is 0.00589. The lowest BCUT2D eigenvalue weighted by atomic mass is 9.96. The molecule has 3 N–H and O–H groups in total. The summed E-state index contributed by atoms with van der Waals surface area (Å²) in [7, 11) is 0. The molecular weight excluding hydrogens is 255 g/mol. The molecule has 1 aliphatic heterocycles. The summed E-state index contributed by atoms with van der Waals surface area (Å²) in [5, 5.41) is 0. The van der Waals surface area contributed by atoms with E-state index in [9.17, 15) is 4.39 Å². The number of hydrazine groups is 1. The van der Waals surface area contributed by atoms with Crippen molar-refractivity contribution in [3.8, 4) is 0 Å². The van der Waals surface area contributed by atoms with Crippen molar-refractivity contribution in [1.29, 1.82) is 0 Å². The van der Waals surface area contributed by atoms with Gasteiger partial charge in [-0.15, -0.1) is 0 Å². The van der Waals surface area contributed by atoms with Crippen LogP contribution in [0, 0.1) is 5.82 Å². The third kappa shape index (κ3) is 2.72. The Morgan fingerprint density at radius 2 is 1.85 bits per heavy atom. The van der Waals surface area contributed by atoms with Crippen molar-refractivity contribution >= 4 is 0 Å². The maximum atomic E-state index is 12.9. The normalized spacial score (nSPS) is 15.1. The number of hydrogen-bond donors (Lipinski definition) is 2. The zero-order valence-electron chi connectivity index (χ0n) is 11.1. The van der Waals surface area contributed by atoms with Crippen LogP contribution in [-0.2, 0) is 24.4 Å². The number of nitrogens with two attached hydrogens (primary N) is 1. The summed E-state index contributed by atoms with van der Waals surface area (Å²) in [6.45, 7) is 1.35. The van der Waals surface area contributed by atoms with Gasteiger partial charge in [0.05, 0.1) is 13.2 Å². The second-order valence-electron chi connectivity index (χ2n) is 5.07. The smallest absolute Gasteiger partial charge is 0.123 e. The number of hydrogen-bond acceptors (Lipinski definition) is 3. The molecule has 2 aromatic carbocycles. The van der Waals surface area contributed by atoms with Crippen LogP contribution in [-0.4, -0.2) is 0 Å². The topological polar surface area (TPSA) is 47.3 Å². The standard InChI is InChI=1S/C16H17FN2O/c17-15-5-1-11(2-6-15)7-16(19-18)12-3-4-13-9-20-10-14(13)8-12/h1-6,8,16,19H,7,9-10,18H2. The van der Waals surface area contributed by atoms with Crippen LogP contribution in [0.3, 0.4) is 0 Å². The molecule has 1 aliphatic rings. The van der Waals surface area contributed by atoms with Crippen molar-refractivity contribution in [2.45, 2.75) is 25.7 Å². The van der Waals surface area contributed by atoms with Gasteiger partial charge in [0.2, 0.25) is 0 Å². The summed E-state index contributed by atoms with van der Waals surface area (Å²) in [5.41, 5.74) is 7.48. The van der Waals surface area contributed by atoms with E-state index in [-0.39, 0.29) is 11.9 Å². The third-order valence-corrected chi connectivity index (χ3v) is 3.70. The molecule has 0 saturated carbocycles. The van der Waals surface area contributed by atoms with Crippen LogP contribution in [0.4, 0.5) is 4.39 Å². The molecule has 1 heterocycles. The lowest BCUT2D eigenvalue weighted by Gasteiger charge is -2.17. The lowest BCUT2D eigenvalue weighted by molar-refractivity contribution is 0.134. The third-order valence-electron chi connectivity index (χ3n) is 3.70. The molecule has 4 heteroatoms. The molecule has 0 aliphatic carbocycles. The second kappa shape index (κ2) is 5.71. The molecular formula is C16H17FN2O. The van der Waals surface area contributed by atoms with Crippen molar-refractivity contribution in [1.82, 2.24) is 5.43 Å². The Kier molecular flexibility index (Phi) is 3.78. The van der Waals surface area contributed by atoms with Gasteiger partial charge in [-0.25, -0.2) is 4.39 Å². The van der Waals surface area contributed by atoms with E-state index in [1.54, 1.807) is 12.1 Å². The van der Waals surface area contributed by atoms with Gasteiger partial charge in [0.1, 0.15) is 5.82 Å². The van der Waals surface area contributed by atoms with Crippen LogP contribution in [0.1, 0.15) is 28.3 Å². The minimum Gasteiger partial charge on any atom is -0.372 e. The summed E-state index contributed by atoms with van der Waals surface area (Å²) in [6, 6.07) is 12.8. The summed E-state index contributed by atoms with van der Waals surface area (Å²) < 4.78 is 18.3. The van der Waals surface area contributed by atoms with Crippen molar-refractivity contribution in [2.24, 2.45) is 5.84 Å². The number of halogens is 1. The van der Waals surface area contributed by atoms with Gasteiger partial charge in [-0.05, 0) is 40.8 Å². The monoisotopic (exact) mass is 272 g/mol. The summed E-state index contributed by atoms with van der Waals surface area (Å²) in [4.78, 5) is 0. The highest BCUT2D eigenvalue weighted by Crippen LogP contribution is 2.25. The Bertz CT molecular complexity index is 598. The van der Waals surface area contributed by atoms with Gasteiger partial charge in [-0.2, -0.15) is 0 Å². The van der Waals surface area contributed by atoms with Gasteiger partial charge in [0.15, 0.2) is 0 Å². The molecule has 0 fully saturated rings. The van der Waals surface area contributed by atoms with E-state index in [1.807, 2.05) is 0 Å². The SMILES string of the molecule is NNC(Cc1ccc(F)cc1)c1ccc2c(c1)COC2. The van der Waals surface area contributed by atoms with E-state index >= 15 is 0 Å². The Labute approximate surface area is 117 Å². The Balaban J connectivity index is 1.81. The van der Waals surface area contributed by atoms with E-state index in [1.165, 1.54) is 23.3 Å². The van der Waals surface area contributed by atoms with Gasteiger partial charge < -0.3 is 4.74 Å². The van der Waals surface area contributed by atoms with Crippen LogP contribution in [0.25, 0.3) is 0 Å². The van der Waals surface area contributed by atoms with Gasteiger partial charge in [0.25, 0.3) is 0 Å². The molecule has 0 amide bonds. The molecule has 104 valence electrons. The number of ether oxygens (including phenoxy) is 1. The fourth-order valence-electron chi connectivity index (χ4n) is 2.54. The van der Waals surface area contributed by atoms with Gasteiger partial charge in [-0.1, -0.05) is 30.3 Å². The van der Waals surface area contributed by atoms with Crippen LogP contribution < -0.4 is 11.3 Å². The molecule has 0 aromatic heterocycles. The Hall–Kier alpha value is -1.75. The zero-order chi connectivity index (χ0) is 13.9. The first-order valence-electron chi connectivity index (χ1n) is 6.66. The number of fused-ring (bicyclic) bond motifs is 1. The van der Waals surface area contributed by atoms with Crippen LogP contribution in [0.2, 0.25) is 0 Å². The predicted molar refractivity (Wildman–Crippen MR) is 75.1 cm³/mol. The highest BCUT2D eigenvalue weighted by molar-refractivity contribution is 5.35. The highest BCUT2D eigenvalue weighted by Gasteiger charge is 2.16. The first-order valence-corrected chi connectivity index (χ1v) is 6.66. The predicted octanol–water partition coefficient (Wildman–Crippen LogP) is 2.60. The van der Waals surface area contributed by atoms with E-state index in [0.717, 1.165) is 17.5 Å². The molecule has 0 saturated heterocycles. The zero-order valence-corrected chi connectivity index (χ0v) is 11.1. The number of nitrogens with one attached hydrogen (secondary N) is 1. The van der Waals surface area contributed by atoms with Crippen molar-refractivity contribution in [3.63, 3.8) is 0 Å². The van der Waals surface area contributed by atoms with Crippen LogP contribution >= 0.6 is 0 Å². The van der Waals surface area contributed by atoms with Gasteiger partial charge >= 0.3 is 0 Å². The van der Waals surface area contributed by atoms with Gasteiger partial charge in [0, 0.05) is 6.04 Å².